The molecular formula is C11H18N4O. The van der Waals surface area contributed by atoms with Crippen molar-refractivity contribution >= 4 is 17.3 Å². The molecule has 0 aliphatic rings. The van der Waals surface area contributed by atoms with Crippen LogP contribution in [0.2, 0.25) is 0 Å². The smallest absolute Gasteiger partial charge is 0.239 e. The summed E-state index contributed by atoms with van der Waals surface area (Å²) in [5.74, 6) is 0.00627. The van der Waals surface area contributed by atoms with Gasteiger partial charge in [-0.1, -0.05) is 6.92 Å². The van der Waals surface area contributed by atoms with Gasteiger partial charge in [0.15, 0.2) is 0 Å². The molecule has 3 N–H and O–H groups in total. The van der Waals surface area contributed by atoms with E-state index in [1.165, 1.54) is 0 Å². The third kappa shape index (κ3) is 3.76. The first kappa shape index (κ1) is 12.3. The van der Waals surface area contributed by atoms with Crippen molar-refractivity contribution in [2.45, 2.75) is 13.3 Å². The second kappa shape index (κ2) is 5.95. The van der Waals surface area contributed by atoms with Crippen LogP contribution >= 0.6 is 0 Å². The van der Waals surface area contributed by atoms with E-state index in [1.807, 2.05) is 18.9 Å². The van der Waals surface area contributed by atoms with Crippen molar-refractivity contribution in [3.8, 4) is 0 Å². The molecule has 1 heterocycles. The molecule has 0 atom stereocenters. The van der Waals surface area contributed by atoms with Crippen molar-refractivity contribution in [2.24, 2.45) is 0 Å². The van der Waals surface area contributed by atoms with E-state index in [4.69, 9.17) is 5.73 Å². The number of nitrogen functional groups attached to an aromatic ring is 1. The number of carbonyl (C=O) groups is 1. The second-order valence-corrected chi connectivity index (χ2v) is 3.68. The third-order valence-electron chi connectivity index (χ3n) is 2.14. The van der Waals surface area contributed by atoms with E-state index < -0.39 is 0 Å². The first-order valence-electron chi connectivity index (χ1n) is 5.32. The molecular weight excluding hydrogens is 204 g/mol. The Morgan fingerprint density at radius 3 is 2.94 bits per heavy atom. The van der Waals surface area contributed by atoms with Crippen LogP contribution in [0.15, 0.2) is 18.5 Å². The molecule has 1 aromatic rings. The largest absolute Gasteiger partial charge is 0.397 e. The molecule has 0 spiro atoms. The summed E-state index contributed by atoms with van der Waals surface area (Å²) in [7, 11) is 1.84. The van der Waals surface area contributed by atoms with Gasteiger partial charge in [0, 0.05) is 19.8 Å². The number of anilines is 2. The minimum atomic E-state index is 0.00627. The van der Waals surface area contributed by atoms with Crippen LogP contribution in [0.1, 0.15) is 13.3 Å². The Morgan fingerprint density at radius 2 is 2.31 bits per heavy atom. The number of nitrogens with zero attached hydrogens (tertiary/aromatic N) is 2. The highest BCUT2D eigenvalue weighted by molar-refractivity contribution is 5.81. The Bertz CT molecular complexity index is 354. The lowest BCUT2D eigenvalue weighted by Crippen LogP contribution is -2.35. The summed E-state index contributed by atoms with van der Waals surface area (Å²) in [6, 6.07) is 1.79. The van der Waals surface area contributed by atoms with Gasteiger partial charge >= 0.3 is 0 Å². The van der Waals surface area contributed by atoms with Gasteiger partial charge in [0.1, 0.15) is 0 Å². The van der Waals surface area contributed by atoms with Gasteiger partial charge in [-0.15, -0.1) is 0 Å². The molecule has 0 aliphatic heterocycles. The molecule has 88 valence electrons. The molecule has 0 saturated carbocycles. The van der Waals surface area contributed by atoms with Gasteiger partial charge in [-0.2, -0.15) is 0 Å². The Morgan fingerprint density at radius 1 is 1.56 bits per heavy atom. The number of likely N-dealkylation sites (N-methyl/N-ethyl adjacent to an activating group) is 1. The van der Waals surface area contributed by atoms with E-state index in [1.54, 1.807) is 18.5 Å². The maximum atomic E-state index is 11.5. The summed E-state index contributed by atoms with van der Waals surface area (Å²) >= 11 is 0. The predicted molar refractivity (Wildman–Crippen MR) is 65.2 cm³/mol. The molecule has 1 rings (SSSR count). The van der Waals surface area contributed by atoms with Crippen molar-refractivity contribution < 1.29 is 4.79 Å². The number of hydrogen-bond acceptors (Lipinski definition) is 4. The van der Waals surface area contributed by atoms with E-state index in [2.05, 4.69) is 10.3 Å². The van der Waals surface area contributed by atoms with Gasteiger partial charge in [-0.3, -0.25) is 9.78 Å². The second-order valence-electron chi connectivity index (χ2n) is 3.68. The summed E-state index contributed by atoms with van der Waals surface area (Å²) in [4.78, 5) is 17.3. The van der Waals surface area contributed by atoms with E-state index in [0.717, 1.165) is 12.1 Å². The molecule has 0 bridgehead atoms. The van der Waals surface area contributed by atoms with E-state index in [0.29, 0.717) is 18.8 Å². The number of nitrogens with two attached hydrogens (primary N) is 1. The van der Waals surface area contributed by atoms with Crippen LogP contribution in [-0.4, -0.2) is 31.0 Å². The van der Waals surface area contributed by atoms with Crippen LogP contribution in [-0.2, 0) is 4.79 Å². The Hall–Kier alpha value is -1.78. The standard InChI is InChI=1S/C11H18N4O/c1-3-4-14-11(16)8-15(2)10-5-9(12)6-13-7-10/h5-7H,3-4,8,12H2,1-2H3,(H,14,16). The highest BCUT2D eigenvalue weighted by Crippen LogP contribution is 2.13. The number of amides is 1. The lowest BCUT2D eigenvalue weighted by atomic mass is 10.3. The maximum Gasteiger partial charge on any atom is 0.239 e. The fourth-order valence-electron chi connectivity index (χ4n) is 1.28. The van der Waals surface area contributed by atoms with Crippen molar-refractivity contribution in [3.63, 3.8) is 0 Å². The zero-order chi connectivity index (χ0) is 12.0. The molecule has 0 unspecified atom stereocenters. The van der Waals surface area contributed by atoms with Crippen LogP contribution in [0.3, 0.4) is 0 Å². The minimum Gasteiger partial charge on any atom is -0.397 e. The minimum absolute atomic E-state index is 0.00627. The van der Waals surface area contributed by atoms with Crippen LogP contribution in [0.4, 0.5) is 11.4 Å². The van der Waals surface area contributed by atoms with Crippen molar-refractivity contribution in [1.29, 1.82) is 0 Å². The first-order chi connectivity index (χ1) is 7.63. The molecule has 1 aromatic heterocycles. The maximum absolute atomic E-state index is 11.5. The van der Waals surface area contributed by atoms with Crippen molar-refractivity contribution in [3.05, 3.63) is 18.5 Å². The van der Waals surface area contributed by atoms with E-state index in [9.17, 15) is 4.79 Å². The van der Waals surface area contributed by atoms with Crippen molar-refractivity contribution in [2.75, 3.05) is 30.8 Å². The highest BCUT2D eigenvalue weighted by atomic mass is 16.2. The van der Waals surface area contributed by atoms with E-state index in [-0.39, 0.29) is 5.91 Å². The topological polar surface area (TPSA) is 71.2 Å². The van der Waals surface area contributed by atoms with Gasteiger partial charge in [0.05, 0.1) is 24.1 Å². The number of nitrogens with one attached hydrogen (secondary N) is 1. The fourth-order valence-corrected chi connectivity index (χ4v) is 1.28. The SMILES string of the molecule is CCCNC(=O)CN(C)c1cncc(N)c1. The highest BCUT2D eigenvalue weighted by Gasteiger charge is 2.06. The van der Waals surface area contributed by atoms with Crippen LogP contribution in [0.25, 0.3) is 0 Å². The van der Waals surface area contributed by atoms with Crippen LogP contribution in [0.5, 0.6) is 0 Å². The number of aromatic nitrogens is 1. The van der Waals surface area contributed by atoms with Gasteiger partial charge in [0.2, 0.25) is 5.91 Å². The number of rotatable bonds is 5. The van der Waals surface area contributed by atoms with Crippen molar-refractivity contribution in [1.82, 2.24) is 10.3 Å². The summed E-state index contributed by atoms with van der Waals surface area (Å²) < 4.78 is 0. The van der Waals surface area contributed by atoms with Crippen LogP contribution < -0.4 is 16.0 Å². The average molecular weight is 222 g/mol. The predicted octanol–water partition coefficient (Wildman–Crippen LogP) is 0.626. The average Bonchev–Trinajstić information content (AvgIpc) is 2.26. The number of carbonyl (C=O) groups excluding carboxylic acids is 1. The molecule has 0 radical (unpaired) electrons. The third-order valence-corrected chi connectivity index (χ3v) is 2.14. The lowest BCUT2D eigenvalue weighted by Gasteiger charge is -2.18. The molecule has 0 fully saturated rings. The van der Waals surface area contributed by atoms with Gasteiger partial charge < -0.3 is 16.0 Å². The normalized spacial score (nSPS) is 9.88. The quantitative estimate of drug-likeness (QED) is 0.766. The van der Waals surface area contributed by atoms with Crippen LogP contribution in [0, 0.1) is 0 Å². The molecule has 0 aromatic carbocycles. The molecule has 1 amide bonds. The molecule has 5 heteroatoms. The van der Waals surface area contributed by atoms with Gasteiger partial charge in [-0.05, 0) is 12.5 Å². The lowest BCUT2D eigenvalue weighted by molar-refractivity contribution is -0.119. The summed E-state index contributed by atoms with van der Waals surface area (Å²) in [5, 5.41) is 2.82. The number of hydrogen-bond donors (Lipinski definition) is 2. The molecule has 5 nitrogen and oxygen atoms in total. The molecule has 0 saturated heterocycles. The summed E-state index contributed by atoms with van der Waals surface area (Å²) in [6.45, 7) is 3.04. The Labute approximate surface area is 95.7 Å². The monoisotopic (exact) mass is 222 g/mol. The van der Waals surface area contributed by atoms with Gasteiger partial charge in [-0.25, -0.2) is 0 Å². The van der Waals surface area contributed by atoms with E-state index >= 15 is 0 Å². The molecule has 16 heavy (non-hydrogen) atoms. The zero-order valence-corrected chi connectivity index (χ0v) is 9.73. The fraction of sp³-hybridized carbons (Fsp3) is 0.455. The van der Waals surface area contributed by atoms with Gasteiger partial charge in [0.25, 0.3) is 0 Å². The Kier molecular flexibility index (Phi) is 4.57. The Balaban J connectivity index is 2.52. The summed E-state index contributed by atoms with van der Waals surface area (Å²) in [6.07, 6.45) is 4.20. The zero-order valence-electron chi connectivity index (χ0n) is 9.73. The number of pyridine rings is 1. The molecule has 0 aliphatic carbocycles. The summed E-state index contributed by atoms with van der Waals surface area (Å²) in [5.41, 5.74) is 7.05. The first-order valence-corrected chi connectivity index (χ1v) is 5.32.